The van der Waals surface area contributed by atoms with Crippen LogP contribution in [-0.2, 0) is 16.1 Å². The zero-order chi connectivity index (χ0) is 22.0. The van der Waals surface area contributed by atoms with Crippen LogP contribution in [0.4, 0.5) is 4.39 Å². The highest BCUT2D eigenvalue weighted by molar-refractivity contribution is 9.10. The smallest absolute Gasteiger partial charge is 0.338 e. The van der Waals surface area contributed by atoms with Gasteiger partial charge in [0.15, 0.2) is 5.17 Å². The van der Waals surface area contributed by atoms with Crippen molar-refractivity contribution < 1.29 is 18.7 Å². The van der Waals surface area contributed by atoms with Crippen molar-refractivity contribution in [2.45, 2.75) is 26.5 Å². The molecule has 5 nitrogen and oxygen atoms in total. The van der Waals surface area contributed by atoms with Gasteiger partial charge in [0.25, 0.3) is 0 Å². The Kier molecular flexibility index (Phi) is 6.48. The molecule has 0 amide bonds. The Bertz CT molecular complexity index is 1100. The van der Waals surface area contributed by atoms with E-state index >= 15 is 0 Å². The fourth-order valence-electron chi connectivity index (χ4n) is 3.48. The lowest BCUT2D eigenvalue weighted by Crippen LogP contribution is -2.34. The first kappa shape index (κ1) is 21.6. The maximum absolute atomic E-state index is 13.2. The highest BCUT2D eigenvalue weighted by Crippen LogP contribution is 2.44. The van der Waals surface area contributed by atoms with Crippen LogP contribution in [0.15, 0.2) is 74.8 Å². The Morgan fingerprint density at radius 1 is 1.26 bits per heavy atom. The first-order valence-corrected chi connectivity index (χ1v) is 11.4. The van der Waals surface area contributed by atoms with E-state index in [9.17, 15) is 9.18 Å². The minimum atomic E-state index is -0.446. The lowest BCUT2D eigenvalue weighted by molar-refractivity contribution is -0.139. The van der Waals surface area contributed by atoms with E-state index in [1.165, 1.54) is 23.9 Å². The van der Waals surface area contributed by atoms with Gasteiger partial charge in [-0.2, -0.15) is 0 Å². The molecule has 0 saturated carbocycles. The van der Waals surface area contributed by atoms with E-state index in [0.717, 1.165) is 20.8 Å². The molecule has 0 bridgehead atoms. The molecular formula is C23H20BrFN2O3S. The maximum Gasteiger partial charge on any atom is 0.338 e. The number of hydrogen-bond donors (Lipinski definition) is 0. The van der Waals surface area contributed by atoms with Crippen molar-refractivity contribution in [3.05, 3.63) is 86.8 Å². The highest BCUT2D eigenvalue weighted by atomic mass is 79.9. The summed E-state index contributed by atoms with van der Waals surface area (Å²) in [5.74, 6) is -0.0682. The van der Waals surface area contributed by atoms with Crippen LogP contribution >= 0.6 is 27.7 Å². The molecule has 160 valence electrons. The second kappa shape index (κ2) is 9.28. The van der Waals surface area contributed by atoms with Gasteiger partial charge in [0.05, 0.1) is 23.9 Å². The van der Waals surface area contributed by atoms with Gasteiger partial charge in [-0.1, -0.05) is 39.8 Å². The number of carbonyl (C=O) groups is 1. The number of allylic oxidation sites excluding steroid dienone is 1. The minimum Gasteiger partial charge on any atom is -0.489 e. The fraction of sp³-hybridized carbons (Fsp3) is 0.217. The Morgan fingerprint density at radius 2 is 2.03 bits per heavy atom. The number of nitrogens with zero attached hydrogens (tertiary/aromatic N) is 2. The van der Waals surface area contributed by atoms with Crippen molar-refractivity contribution in [1.82, 2.24) is 4.90 Å². The molecule has 0 N–H and O–H groups in total. The number of amidine groups is 1. The standard InChI is InChI=1S/C23H20BrFN2O3S/c1-3-29-22(28)20-14(2)26-23-27(10-11-31-23)21(20)18-12-16(24)6-9-19(18)30-13-15-4-7-17(25)8-5-15/h4-12,21H,3,13H2,1-2H3/t21-/m0/s1. The van der Waals surface area contributed by atoms with E-state index in [1.54, 1.807) is 19.1 Å². The van der Waals surface area contributed by atoms with Gasteiger partial charge in [0.2, 0.25) is 0 Å². The molecule has 2 heterocycles. The van der Waals surface area contributed by atoms with Gasteiger partial charge >= 0.3 is 5.97 Å². The van der Waals surface area contributed by atoms with Crippen molar-refractivity contribution >= 4 is 38.8 Å². The molecule has 2 aliphatic heterocycles. The van der Waals surface area contributed by atoms with E-state index in [-0.39, 0.29) is 19.0 Å². The summed E-state index contributed by atoms with van der Waals surface area (Å²) in [6.45, 7) is 4.14. The van der Waals surface area contributed by atoms with Gasteiger partial charge in [-0.05, 0) is 55.2 Å². The summed E-state index contributed by atoms with van der Waals surface area (Å²) in [6, 6.07) is 11.4. The van der Waals surface area contributed by atoms with Gasteiger partial charge in [-0.3, -0.25) is 0 Å². The number of hydrogen-bond acceptors (Lipinski definition) is 6. The Labute approximate surface area is 192 Å². The van der Waals surface area contributed by atoms with Crippen molar-refractivity contribution in [2.75, 3.05) is 6.61 Å². The van der Waals surface area contributed by atoms with Crippen LogP contribution < -0.4 is 4.74 Å². The first-order chi connectivity index (χ1) is 15.0. The molecule has 0 saturated heterocycles. The zero-order valence-electron chi connectivity index (χ0n) is 17.0. The summed E-state index contributed by atoms with van der Waals surface area (Å²) in [4.78, 5) is 19.4. The minimum absolute atomic E-state index is 0.268. The van der Waals surface area contributed by atoms with Crippen LogP contribution in [0.1, 0.15) is 31.0 Å². The van der Waals surface area contributed by atoms with Gasteiger partial charge in [-0.25, -0.2) is 14.2 Å². The third-order valence-corrected chi connectivity index (χ3v) is 6.15. The Hall–Kier alpha value is -2.58. The lowest BCUT2D eigenvalue weighted by Gasteiger charge is -2.34. The average molecular weight is 503 g/mol. The van der Waals surface area contributed by atoms with Gasteiger partial charge in [0.1, 0.15) is 18.2 Å². The second-order valence-corrected chi connectivity index (χ2v) is 8.71. The van der Waals surface area contributed by atoms with Crippen molar-refractivity contribution in [2.24, 2.45) is 4.99 Å². The van der Waals surface area contributed by atoms with Gasteiger partial charge < -0.3 is 14.4 Å². The molecule has 31 heavy (non-hydrogen) atoms. The summed E-state index contributed by atoms with van der Waals surface area (Å²) in [5.41, 5.74) is 2.74. The molecule has 2 aromatic rings. The number of ether oxygens (including phenoxy) is 2. The molecular weight excluding hydrogens is 483 g/mol. The highest BCUT2D eigenvalue weighted by Gasteiger charge is 2.39. The summed E-state index contributed by atoms with van der Waals surface area (Å²) in [6.07, 6.45) is 1.91. The third-order valence-electron chi connectivity index (χ3n) is 4.89. The van der Waals surface area contributed by atoms with E-state index in [1.807, 2.05) is 41.6 Å². The number of esters is 1. The molecule has 8 heteroatoms. The van der Waals surface area contributed by atoms with Crippen LogP contribution in [-0.4, -0.2) is 22.6 Å². The number of thioether (sulfide) groups is 1. The first-order valence-electron chi connectivity index (χ1n) is 9.73. The molecule has 1 atom stereocenters. The van der Waals surface area contributed by atoms with Crippen LogP contribution in [0.25, 0.3) is 0 Å². The van der Waals surface area contributed by atoms with Gasteiger partial charge in [0, 0.05) is 16.2 Å². The molecule has 0 unspecified atom stereocenters. The Balaban J connectivity index is 1.74. The zero-order valence-corrected chi connectivity index (χ0v) is 19.4. The van der Waals surface area contributed by atoms with Gasteiger partial charge in [-0.15, -0.1) is 0 Å². The molecule has 0 spiro atoms. The van der Waals surface area contributed by atoms with E-state index in [0.29, 0.717) is 17.0 Å². The molecule has 4 rings (SSSR count). The normalized spacial score (nSPS) is 17.5. The second-order valence-electron chi connectivity index (χ2n) is 6.92. The monoisotopic (exact) mass is 502 g/mol. The number of halogens is 2. The topological polar surface area (TPSA) is 51.1 Å². The summed E-state index contributed by atoms with van der Waals surface area (Å²) < 4.78 is 25.6. The van der Waals surface area contributed by atoms with Crippen LogP contribution in [0.5, 0.6) is 5.75 Å². The van der Waals surface area contributed by atoms with E-state index in [4.69, 9.17) is 9.47 Å². The SMILES string of the molecule is CCOC(=O)C1=C(C)N=C2SC=CN2[C@H]1c1cc(Br)ccc1OCc1ccc(F)cc1. The van der Waals surface area contributed by atoms with Crippen LogP contribution in [0, 0.1) is 5.82 Å². The number of fused-ring (bicyclic) bond motifs is 1. The van der Waals surface area contributed by atoms with E-state index in [2.05, 4.69) is 20.9 Å². The predicted molar refractivity (Wildman–Crippen MR) is 123 cm³/mol. The number of carbonyl (C=O) groups excluding carboxylic acids is 1. The average Bonchev–Trinajstić information content (AvgIpc) is 3.21. The predicted octanol–water partition coefficient (Wildman–Crippen LogP) is 5.94. The molecule has 2 aromatic carbocycles. The number of aliphatic imine (C=N–C) groups is 1. The van der Waals surface area contributed by atoms with Crippen LogP contribution in [0.2, 0.25) is 0 Å². The maximum atomic E-state index is 13.2. The van der Waals surface area contributed by atoms with E-state index < -0.39 is 12.0 Å². The largest absolute Gasteiger partial charge is 0.489 e. The molecule has 0 fully saturated rings. The lowest BCUT2D eigenvalue weighted by atomic mass is 9.94. The summed E-state index contributed by atoms with van der Waals surface area (Å²) in [5, 5.41) is 2.73. The van der Waals surface area contributed by atoms with Crippen molar-refractivity contribution in [3.8, 4) is 5.75 Å². The van der Waals surface area contributed by atoms with Crippen LogP contribution in [0.3, 0.4) is 0 Å². The molecule has 2 aliphatic rings. The summed E-state index contributed by atoms with van der Waals surface area (Å²) >= 11 is 5.04. The fourth-order valence-corrected chi connectivity index (χ4v) is 4.65. The number of benzene rings is 2. The quantitative estimate of drug-likeness (QED) is 0.457. The van der Waals surface area contributed by atoms with Crippen molar-refractivity contribution in [1.29, 1.82) is 0 Å². The molecule has 0 radical (unpaired) electrons. The number of rotatable bonds is 6. The summed E-state index contributed by atoms with van der Waals surface area (Å²) in [7, 11) is 0. The van der Waals surface area contributed by atoms with Crippen molar-refractivity contribution in [3.63, 3.8) is 0 Å². The third kappa shape index (κ3) is 4.55. The molecule has 0 aromatic heterocycles. The Morgan fingerprint density at radius 3 is 2.77 bits per heavy atom. The molecule has 0 aliphatic carbocycles.